The van der Waals surface area contributed by atoms with Crippen LogP contribution in [0, 0.1) is 6.92 Å². The number of hydrogen-bond acceptors (Lipinski definition) is 7. The fourth-order valence-electron chi connectivity index (χ4n) is 2.18. The molecule has 0 spiro atoms. The van der Waals surface area contributed by atoms with Gasteiger partial charge in [0.05, 0.1) is 13.2 Å². The van der Waals surface area contributed by atoms with E-state index >= 15 is 0 Å². The van der Waals surface area contributed by atoms with E-state index in [1.807, 2.05) is 0 Å². The molecular weight excluding hydrogens is 300 g/mol. The Balaban J connectivity index is 1.73. The van der Waals surface area contributed by atoms with Gasteiger partial charge in [-0.1, -0.05) is 5.16 Å². The number of β-amino-alcohol motifs (C(OH)–C–C–N with tert-alkyl or cyclic N) is 1. The van der Waals surface area contributed by atoms with Crippen LogP contribution in [0.4, 0.5) is 5.69 Å². The number of imide groups is 1. The molecule has 0 atom stereocenters. The minimum absolute atomic E-state index is 0.0184. The van der Waals surface area contributed by atoms with E-state index in [1.165, 1.54) is 6.08 Å². The smallest absolute Gasteiger partial charge is 0.277 e. The van der Waals surface area contributed by atoms with Gasteiger partial charge in [0.2, 0.25) is 11.7 Å². The number of benzene rings is 1. The molecular formula is C15H14N4O4. The maximum Gasteiger partial charge on any atom is 0.277 e. The van der Waals surface area contributed by atoms with Gasteiger partial charge in [0.25, 0.3) is 11.8 Å². The lowest BCUT2D eigenvalue weighted by Gasteiger charge is -2.13. The van der Waals surface area contributed by atoms with Crippen molar-refractivity contribution in [3.05, 3.63) is 41.9 Å². The first-order valence-electron chi connectivity index (χ1n) is 6.94. The molecule has 2 amide bonds. The highest BCUT2D eigenvalue weighted by atomic mass is 16.5. The molecule has 1 aliphatic rings. The highest BCUT2D eigenvalue weighted by Gasteiger charge is 2.30. The van der Waals surface area contributed by atoms with Crippen molar-refractivity contribution >= 4 is 17.5 Å². The summed E-state index contributed by atoms with van der Waals surface area (Å²) < 4.78 is 4.92. The van der Waals surface area contributed by atoms with E-state index < -0.39 is 11.8 Å². The van der Waals surface area contributed by atoms with Gasteiger partial charge in [-0.3, -0.25) is 14.5 Å². The molecule has 0 bridgehead atoms. The average molecular weight is 314 g/mol. The van der Waals surface area contributed by atoms with E-state index in [-0.39, 0.29) is 18.8 Å². The third kappa shape index (κ3) is 2.97. The summed E-state index contributed by atoms with van der Waals surface area (Å²) >= 11 is 0. The van der Waals surface area contributed by atoms with Gasteiger partial charge in [-0.25, -0.2) is 0 Å². The Labute approximate surface area is 131 Å². The van der Waals surface area contributed by atoms with Gasteiger partial charge in [-0.05, 0) is 24.3 Å². The molecule has 1 aromatic carbocycles. The maximum absolute atomic E-state index is 12.0. The fourth-order valence-corrected chi connectivity index (χ4v) is 2.18. The predicted octanol–water partition coefficient (Wildman–Crippen LogP) is 0.702. The lowest BCUT2D eigenvalue weighted by Crippen LogP contribution is -2.34. The summed E-state index contributed by atoms with van der Waals surface area (Å²) in [5.41, 5.74) is 1.59. The molecule has 0 fully saturated rings. The van der Waals surface area contributed by atoms with Crippen LogP contribution in [-0.4, -0.2) is 45.1 Å². The number of carbonyl (C=O) groups is 2. The molecule has 23 heavy (non-hydrogen) atoms. The van der Waals surface area contributed by atoms with E-state index in [4.69, 9.17) is 9.63 Å². The summed E-state index contributed by atoms with van der Waals surface area (Å²) in [4.78, 5) is 28.8. The number of rotatable bonds is 5. The Morgan fingerprint density at radius 2 is 2.00 bits per heavy atom. The van der Waals surface area contributed by atoms with Crippen molar-refractivity contribution in [3.63, 3.8) is 0 Å². The van der Waals surface area contributed by atoms with Gasteiger partial charge in [0, 0.05) is 24.3 Å². The van der Waals surface area contributed by atoms with Crippen LogP contribution >= 0.6 is 0 Å². The number of anilines is 1. The second-order valence-corrected chi connectivity index (χ2v) is 4.92. The Hall–Kier alpha value is -3.00. The predicted molar refractivity (Wildman–Crippen MR) is 80.0 cm³/mol. The normalized spacial score (nSPS) is 14.3. The molecule has 8 nitrogen and oxygen atoms in total. The van der Waals surface area contributed by atoms with Crippen LogP contribution in [0.2, 0.25) is 0 Å². The van der Waals surface area contributed by atoms with Crippen molar-refractivity contribution in [2.24, 2.45) is 0 Å². The van der Waals surface area contributed by atoms with Gasteiger partial charge in [0.1, 0.15) is 5.70 Å². The quantitative estimate of drug-likeness (QED) is 0.782. The number of aliphatic hydroxyl groups excluding tert-OH is 1. The summed E-state index contributed by atoms with van der Waals surface area (Å²) in [6.07, 6.45) is 1.22. The highest BCUT2D eigenvalue weighted by molar-refractivity contribution is 6.17. The minimum Gasteiger partial charge on any atom is -0.395 e. The van der Waals surface area contributed by atoms with Crippen LogP contribution < -0.4 is 5.32 Å². The Morgan fingerprint density at radius 1 is 1.26 bits per heavy atom. The van der Waals surface area contributed by atoms with Crippen molar-refractivity contribution in [2.45, 2.75) is 6.92 Å². The first kappa shape index (κ1) is 14.9. The molecule has 0 aliphatic carbocycles. The molecule has 3 rings (SSSR count). The van der Waals surface area contributed by atoms with Gasteiger partial charge in [0.15, 0.2) is 0 Å². The lowest BCUT2D eigenvalue weighted by atomic mass is 10.2. The number of nitrogens with one attached hydrogen (secondary N) is 1. The molecule has 0 saturated carbocycles. The second kappa shape index (κ2) is 6.01. The molecule has 0 unspecified atom stereocenters. The summed E-state index contributed by atoms with van der Waals surface area (Å²) in [5.74, 6) is 0.0632. The first-order chi connectivity index (χ1) is 11.1. The summed E-state index contributed by atoms with van der Waals surface area (Å²) in [5, 5.41) is 15.6. The van der Waals surface area contributed by atoms with Gasteiger partial charge in [-0.15, -0.1) is 0 Å². The van der Waals surface area contributed by atoms with E-state index in [2.05, 4.69) is 15.5 Å². The topological polar surface area (TPSA) is 109 Å². The monoisotopic (exact) mass is 314 g/mol. The van der Waals surface area contributed by atoms with Gasteiger partial charge in [-0.2, -0.15) is 4.98 Å². The third-order valence-electron chi connectivity index (χ3n) is 3.28. The lowest BCUT2D eigenvalue weighted by molar-refractivity contribution is -0.137. The van der Waals surface area contributed by atoms with Crippen LogP contribution in [0.5, 0.6) is 0 Å². The van der Waals surface area contributed by atoms with Gasteiger partial charge >= 0.3 is 0 Å². The number of amides is 2. The second-order valence-electron chi connectivity index (χ2n) is 4.92. The first-order valence-corrected chi connectivity index (χ1v) is 6.94. The van der Waals surface area contributed by atoms with Crippen LogP contribution in [0.1, 0.15) is 5.89 Å². The van der Waals surface area contributed by atoms with Crippen molar-refractivity contribution in [2.75, 3.05) is 18.5 Å². The van der Waals surface area contributed by atoms with Crippen molar-refractivity contribution < 1.29 is 19.2 Å². The average Bonchev–Trinajstić information content (AvgIpc) is 3.08. The molecule has 118 valence electrons. The number of aryl methyl sites for hydroxylation is 1. The highest BCUT2D eigenvalue weighted by Crippen LogP contribution is 2.21. The van der Waals surface area contributed by atoms with E-state index in [9.17, 15) is 9.59 Å². The maximum atomic E-state index is 12.0. The zero-order valence-corrected chi connectivity index (χ0v) is 12.3. The molecule has 2 heterocycles. The number of hydrogen-bond donors (Lipinski definition) is 2. The standard InChI is InChI=1S/C15H14N4O4/c1-9-16-14(18-23-9)10-2-4-11(5-3-10)17-12-8-13(21)19(6-7-20)15(12)22/h2-5,8,17,20H,6-7H2,1H3. The fraction of sp³-hybridized carbons (Fsp3) is 0.200. The minimum atomic E-state index is -0.457. The molecule has 2 aromatic rings. The summed E-state index contributed by atoms with van der Waals surface area (Å²) in [7, 11) is 0. The van der Waals surface area contributed by atoms with Crippen LogP contribution in [0.25, 0.3) is 11.4 Å². The summed E-state index contributed by atoms with van der Waals surface area (Å²) in [6.45, 7) is 1.42. The van der Waals surface area contributed by atoms with Crippen molar-refractivity contribution in [3.8, 4) is 11.4 Å². The molecule has 2 N–H and O–H groups in total. The molecule has 8 heteroatoms. The van der Waals surface area contributed by atoms with E-state index in [0.29, 0.717) is 17.4 Å². The largest absolute Gasteiger partial charge is 0.395 e. The molecule has 1 aliphatic heterocycles. The van der Waals surface area contributed by atoms with Gasteiger partial charge < -0.3 is 14.9 Å². The SMILES string of the molecule is Cc1nc(-c2ccc(NC3=CC(=O)N(CCO)C3=O)cc2)no1. The number of carbonyl (C=O) groups excluding carboxylic acids is 2. The van der Waals surface area contributed by atoms with Crippen LogP contribution in [-0.2, 0) is 9.59 Å². The number of aromatic nitrogens is 2. The van der Waals surface area contributed by atoms with Crippen LogP contribution in [0.15, 0.2) is 40.6 Å². The Bertz CT molecular complexity index is 779. The summed E-state index contributed by atoms with van der Waals surface area (Å²) in [6, 6.07) is 7.04. The number of nitrogens with zero attached hydrogens (tertiary/aromatic N) is 3. The van der Waals surface area contributed by atoms with E-state index in [1.54, 1.807) is 31.2 Å². The zero-order chi connectivity index (χ0) is 16.4. The van der Waals surface area contributed by atoms with Crippen molar-refractivity contribution in [1.82, 2.24) is 15.0 Å². The molecule has 0 radical (unpaired) electrons. The van der Waals surface area contributed by atoms with Crippen LogP contribution in [0.3, 0.4) is 0 Å². The Kier molecular flexibility index (Phi) is 3.90. The molecule has 1 aromatic heterocycles. The number of aliphatic hydroxyl groups is 1. The van der Waals surface area contributed by atoms with Crippen molar-refractivity contribution in [1.29, 1.82) is 0 Å². The zero-order valence-electron chi connectivity index (χ0n) is 12.3. The Morgan fingerprint density at radius 3 is 2.61 bits per heavy atom. The molecule has 0 saturated heterocycles. The third-order valence-corrected chi connectivity index (χ3v) is 3.28. The van der Waals surface area contributed by atoms with E-state index in [0.717, 1.165) is 10.5 Å².